The second-order valence-corrected chi connectivity index (χ2v) is 4.54. The van der Waals surface area contributed by atoms with E-state index in [9.17, 15) is 4.79 Å². The maximum absolute atomic E-state index is 11.6. The van der Waals surface area contributed by atoms with Gasteiger partial charge in [-0.15, -0.1) is 0 Å². The Morgan fingerprint density at radius 3 is 2.82 bits per heavy atom. The van der Waals surface area contributed by atoms with Crippen molar-refractivity contribution >= 4 is 5.97 Å². The zero-order valence-electron chi connectivity index (χ0n) is 11.1. The van der Waals surface area contributed by atoms with Crippen LogP contribution in [0, 0.1) is 0 Å². The molecule has 1 rings (SSSR count). The molecule has 0 fully saturated rings. The van der Waals surface area contributed by atoms with Gasteiger partial charge in [-0.05, 0) is 40.0 Å². The molecule has 2 heteroatoms. The van der Waals surface area contributed by atoms with Gasteiger partial charge in [0.25, 0.3) is 0 Å². The van der Waals surface area contributed by atoms with Crippen LogP contribution in [0.2, 0.25) is 0 Å². The largest absolute Gasteiger partial charge is 0.463 e. The Hall–Kier alpha value is -1.31. The van der Waals surface area contributed by atoms with Crippen molar-refractivity contribution in [3.63, 3.8) is 0 Å². The van der Waals surface area contributed by atoms with Crippen LogP contribution in [0.15, 0.2) is 34.9 Å². The number of rotatable bonds is 5. The molecule has 0 atom stereocenters. The summed E-state index contributed by atoms with van der Waals surface area (Å²) in [5.74, 6) is -0.152. The average molecular weight is 234 g/mol. The average Bonchev–Trinajstić information content (AvgIpc) is 2.29. The third kappa shape index (κ3) is 5.03. The van der Waals surface area contributed by atoms with Gasteiger partial charge in [-0.3, -0.25) is 0 Å². The molecule has 0 aromatic rings. The van der Waals surface area contributed by atoms with Crippen LogP contribution < -0.4 is 0 Å². The normalized spacial score (nSPS) is 14.8. The topological polar surface area (TPSA) is 26.3 Å². The van der Waals surface area contributed by atoms with Crippen LogP contribution in [-0.2, 0) is 9.53 Å². The molecule has 17 heavy (non-hydrogen) atoms. The van der Waals surface area contributed by atoms with E-state index in [4.69, 9.17) is 4.74 Å². The Morgan fingerprint density at radius 1 is 1.41 bits per heavy atom. The minimum absolute atomic E-state index is 0.152. The Kier molecular flexibility index (Phi) is 5.75. The monoisotopic (exact) mass is 234 g/mol. The maximum atomic E-state index is 11.6. The molecule has 0 bridgehead atoms. The fraction of sp³-hybridized carbons (Fsp3) is 0.533. The van der Waals surface area contributed by atoms with Crippen LogP contribution in [0.5, 0.6) is 0 Å². The molecule has 1 aliphatic carbocycles. The Balaban J connectivity index is 2.43. The number of allylic oxidation sites excluding steroid dienone is 5. The Labute approximate surface area is 104 Å². The van der Waals surface area contributed by atoms with E-state index < -0.39 is 0 Å². The third-order valence-corrected chi connectivity index (χ3v) is 2.74. The first kappa shape index (κ1) is 13.8. The number of ether oxygens (including phenoxy) is 1. The summed E-state index contributed by atoms with van der Waals surface area (Å²) in [5.41, 5.74) is 3.53. The summed E-state index contributed by atoms with van der Waals surface area (Å²) in [6.45, 7) is 6.51. The molecule has 0 saturated carbocycles. The van der Waals surface area contributed by atoms with E-state index in [0.29, 0.717) is 6.61 Å². The van der Waals surface area contributed by atoms with Crippen molar-refractivity contribution in [3.05, 3.63) is 34.9 Å². The lowest BCUT2D eigenvalue weighted by atomic mass is 9.94. The van der Waals surface area contributed by atoms with Crippen LogP contribution in [0.1, 0.15) is 46.5 Å². The minimum atomic E-state index is -0.152. The SMILES string of the molecule is CCOC(=O)C1=CCC=C(CCC=C(C)C)C1. The summed E-state index contributed by atoms with van der Waals surface area (Å²) in [6, 6.07) is 0. The van der Waals surface area contributed by atoms with Crippen molar-refractivity contribution in [1.29, 1.82) is 0 Å². The third-order valence-electron chi connectivity index (χ3n) is 2.74. The van der Waals surface area contributed by atoms with Crippen LogP contribution in [0.25, 0.3) is 0 Å². The highest BCUT2D eigenvalue weighted by molar-refractivity contribution is 5.89. The molecular formula is C15H22O2. The highest BCUT2D eigenvalue weighted by Crippen LogP contribution is 2.23. The summed E-state index contributed by atoms with van der Waals surface area (Å²) in [4.78, 5) is 11.6. The quantitative estimate of drug-likeness (QED) is 0.532. The Morgan fingerprint density at radius 2 is 2.18 bits per heavy atom. The minimum Gasteiger partial charge on any atom is -0.463 e. The fourth-order valence-electron chi connectivity index (χ4n) is 1.87. The molecule has 0 radical (unpaired) electrons. The van der Waals surface area contributed by atoms with Gasteiger partial charge in [0.05, 0.1) is 6.61 Å². The van der Waals surface area contributed by atoms with E-state index in [2.05, 4.69) is 26.0 Å². The summed E-state index contributed by atoms with van der Waals surface area (Å²) < 4.78 is 5.03. The molecule has 0 amide bonds. The van der Waals surface area contributed by atoms with Gasteiger partial charge in [0.2, 0.25) is 0 Å². The molecule has 0 aromatic heterocycles. The molecule has 0 unspecified atom stereocenters. The number of carbonyl (C=O) groups excluding carboxylic acids is 1. The second kappa shape index (κ2) is 7.10. The fourth-order valence-corrected chi connectivity index (χ4v) is 1.87. The van der Waals surface area contributed by atoms with E-state index in [1.807, 2.05) is 13.0 Å². The number of esters is 1. The lowest BCUT2D eigenvalue weighted by molar-refractivity contribution is -0.138. The first-order valence-corrected chi connectivity index (χ1v) is 6.31. The molecule has 0 saturated heterocycles. The smallest absolute Gasteiger partial charge is 0.334 e. The predicted octanol–water partition coefficient (Wildman–Crippen LogP) is 3.94. The van der Waals surface area contributed by atoms with Gasteiger partial charge < -0.3 is 4.74 Å². The van der Waals surface area contributed by atoms with E-state index in [0.717, 1.165) is 31.3 Å². The first-order valence-electron chi connectivity index (χ1n) is 6.31. The summed E-state index contributed by atoms with van der Waals surface area (Å²) >= 11 is 0. The van der Waals surface area contributed by atoms with Crippen molar-refractivity contribution in [3.8, 4) is 0 Å². The Bertz CT molecular complexity index is 355. The molecule has 0 aromatic carbocycles. The molecule has 1 aliphatic rings. The highest BCUT2D eigenvalue weighted by Gasteiger charge is 2.14. The summed E-state index contributed by atoms with van der Waals surface area (Å²) in [5, 5.41) is 0. The highest BCUT2D eigenvalue weighted by atomic mass is 16.5. The first-order chi connectivity index (χ1) is 8.13. The lowest BCUT2D eigenvalue weighted by Crippen LogP contribution is -2.10. The molecule has 2 nitrogen and oxygen atoms in total. The lowest BCUT2D eigenvalue weighted by Gasteiger charge is -2.13. The van der Waals surface area contributed by atoms with Gasteiger partial charge >= 0.3 is 5.97 Å². The molecule has 0 N–H and O–H groups in total. The molecular weight excluding hydrogens is 212 g/mol. The van der Waals surface area contributed by atoms with Crippen LogP contribution >= 0.6 is 0 Å². The van der Waals surface area contributed by atoms with E-state index in [-0.39, 0.29) is 5.97 Å². The van der Waals surface area contributed by atoms with Gasteiger partial charge in [-0.2, -0.15) is 0 Å². The second-order valence-electron chi connectivity index (χ2n) is 4.54. The zero-order chi connectivity index (χ0) is 12.7. The van der Waals surface area contributed by atoms with Gasteiger partial charge in [0.15, 0.2) is 0 Å². The van der Waals surface area contributed by atoms with E-state index in [1.54, 1.807) is 0 Å². The van der Waals surface area contributed by atoms with E-state index in [1.165, 1.54) is 11.1 Å². The zero-order valence-corrected chi connectivity index (χ0v) is 11.1. The maximum Gasteiger partial charge on any atom is 0.334 e. The van der Waals surface area contributed by atoms with Gasteiger partial charge in [0.1, 0.15) is 0 Å². The number of hydrogen-bond donors (Lipinski definition) is 0. The predicted molar refractivity (Wildman–Crippen MR) is 70.7 cm³/mol. The van der Waals surface area contributed by atoms with Gasteiger partial charge in [-0.25, -0.2) is 4.79 Å². The van der Waals surface area contributed by atoms with Crippen molar-refractivity contribution in [2.75, 3.05) is 6.61 Å². The van der Waals surface area contributed by atoms with Gasteiger partial charge in [0, 0.05) is 12.0 Å². The molecule has 94 valence electrons. The molecule has 0 heterocycles. The molecule has 0 spiro atoms. The van der Waals surface area contributed by atoms with Crippen molar-refractivity contribution < 1.29 is 9.53 Å². The summed E-state index contributed by atoms with van der Waals surface area (Å²) in [7, 11) is 0. The van der Waals surface area contributed by atoms with E-state index >= 15 is 0 Å². The van der Waals surface area contributed by atoms with Crippen LogP contribution in [0.3, 0.4) is 0 Å². The molecule has 0 aliphatic heterocycles. The summed E-state index contributed by atoms with van der Waals surface area (Å²) in [6.07, 6.45) is 10.2. The number of hydrogen-bond acceptors (Lipinski definition) is 2. The van der Waals surface area contributed by atoms with Crippen LogP contribution in [0.4, 0.5) is 0 Å². The van der Waals surface area contributed by atoms with Crippen molar-refractivity contribution in [1.82, 2.24) is 0 Å². The van der Waals surface area contributed by atoms with Crippen molar-refractivity contribution in [2.24, 2.45) is 0 Å². The van der Waals surface area contributed by atoms with Gasteiger partial charge in [-0.1, -0.05) is 29.4 Å². The standard InChI is InChI=1S/C15H22O2/c1-4-17-15(16)14-10-6-9-13(11-14)8-5-7-12(2)3/h7,9-10H,4-6,8,11H2,1-3H3. The number of carbonyl (C=O) groups is 1. The van der Waals surface area contributed by atoms with Crippen molar-refractivity contribution in [2.45, 2.75) is 46.5 Å². The van der Waals surface area contributed by atoms with Crippen LogP contribution in [-0.4, -0.2) is 12.6 Å².